The number of quaternary nitrogens is 2. The third-order valence-electron chi connectivity index (χ3n) is 5.34. The monoisotopic (exact) mass is 276 g/mol. The molecule has 1 saturated carbocycles. The van der Waals surface area contributed by atoms with E-state index in [1.54, 1.807) is 4.90 Å². The first kappa shape index (κ1) is 14.0. The van der Waals surface area contributed by atoms with Crippen molar-refractivity contribution in [1.82, 2.24) is 0 Å². The van der Waals surface area contributed by atoms with Crippen molar-refractivity contribution >= 4 is 0 Å². The summed E-state index contributed by atoms with van der Waals surface area (Å²) in [4.78, 5) is 6.86. The summed E-state index contributed by atoms with van der Waals surface area (Å²) in [5.74, 6) is 0.964. The largest absolute Gasteiger partial charge is 0.323 e. The van der Waals surface area contributed by atoms with Crippen molar-refractivity contribution in [1.29, 1.82) is 0 Å². The minimum atomic E-state index is 0.963. The molecular formula is C17H30N3+3. The van der Waals surface area contributed by atoms with Crippen molar-refractivity contribution in [2.24, 2.45) is 5.92 Å². The van der Waals surface area contributed by atoms with Crippen LogP contribution < -0.4 is 14.8 Å². The quantitative estimate of drug-likeness (QED) is 0.734. The highest BCUT2D eigenvalue weighted by Gasteiger charge is 2.32. The van der Waals surface area contributed by atoms with Gasteiger partial charge in [-0.2, -0.15) is 0 Å². The molecule has 110 valence electrons. The highest BCUT2D eigenvalue weighted by Crippen LogP contribution is 2.21. The number of nitrogens with one attached hydrogen (secondary N) is 3. The van der Waals surface area contributed by atoms with Crippen LogP contribution in [0.1, 0.15) is 38.2 Å². The fourth-order valence-corrected chi connectivity index (χ4v) is 4.14. The molecule has 20 heavy (non-hydrogen) atoms. The summed E-state index contributed by atoms with van der Waals surface area (Å²) in [7, 11) is 0. The maximum absolute atomic E-state index is 3.20. The summed E-state index contributed by atoms with van der Waals surface area (Å²) in [5.41, 5.74) is 1.44. The fourth-order valence-electron chi connectivity index (χ4n) is 4.14. The standard InChI is InChI=1S/C17H27N3/c1-15-4-2-6-17(12-15)20-10-8-19(9-11-20)14-16-5-3-7-18-13-16/h3,5,7,13,15,17H,2,4,6,8-12,14H2,1H3/p+3. The molecule has 0 radical (unpaired) electrons. The Labute approximate surface area is 123 Å². The van der Waals surface area contributed by atoms with Crippen LogP contribution in [0.15, 0.2) is 24.5 Å². The Kier molecular flexibility index (Phi) is 4.69. The minimum Gasteiger partial charge on any atom is -0.323 e. The molecule has 1 aromatic rings. The number of H-pyrrole nitrogens is 1. The number of piperazine rings is 1. The lowest BCUT2D eigenvalue weighted by atomic mass is 9.86. The van der Waals surface area contributed by atoms with Gasteiger partial charge in [-0.3, -0.25) is 0 Å². The highest BCUT2D eigenvalue weighted by atomic mass is 15.3. The lowest BCUT2D eigenvalue weighted by Gasteiger charge is -2.37. The average molecular weight is 276 g/mol. The zero-order valence-corrected chi connectivity index (χ0v) is 12.8. The van der Waals surface area contributed by atoms with Crippen LogP contribution in [0.3, 0.4) is 0 Å². The third kappa shape index (κ3) is 3.58. The van der Waals surface area contributed by atoms with E-state index in [9.17, 15) is 0 Å². The molecule has 3 heteroatoms. The normalized spacial score (nSPS) is 34.9. The van der Waals surface area contributed by atoms with Crippen LogP contribution in [0.2, 0.25) is 0 Å². The highest BCUT2D eigenvalue weighted by molar-refractivity contribution is 5.02. The molecule has 0 bridgehead atoms. The van der Waals surface area contributed by atoms with E-state index in [1.807, 2.05) is 11.1 Å². The van der Waals surface area contributed by atoms with Gasteiger partial charge >= 0.3 is 0 Å². The van der Waals surface area contributed by atoms with Crippen LogP contribution in [0, 0.1) is 5.92 Å². The first-order chi connectivity index (χ1) is 9.81. The van der Waals surface area contributed by atoms with Crippen LogP contribution in [0.4, 0.5) is 0 Å². The van der Waals surface area contributed by atoms with Gasteiger partial charge in [0, 0.05) is 12.5 Å². The molecule has 3 rings (SSSR count). The Morgan fingerprint density at radius 1 is 1.20 bits per heavy atom. The van der Waals surface area contributed by atoms with Gasteiger partial charge in [-0.25, -0.2) is 4.98 Å². The molecule has 0 spiro atoms. The van der Waals surface area contributed by atoms with Crippen molar-refractivity contribution in [3.05, 3.63) is 30.1 Å². The summed E-state index contributed by atoms with van der Waals surface area (Å²) in [5, 5.41) is 0. The first-order valence-corrected chi connectivity index (χ1v) is 8.44. The van der Waals surface area contributed by atoms with Crippen LogP contribution in [0.25, 0.3) is 0 Å². The summed E-state index contributed by atoms with van der Waals surface area (Å²) in [6, 6.07) is 5.32. The fraction of sp³-hybridized carbons (Fsp3) is 0.706. The van der Waals surface area contributed by atoms with Gasteiger partial charge in [-0.05, 0) is 24.8 Å². The molecular weight excluding hydrogens is 246 g/mol. The molecule has 1 saturated heterocycles. The van der Waals surface area contributed by atoms with E-state index in [0.29, 0.717) is 0 Å². The van der Waals surface area contributed by atoms with Gasteiger partial charge in [0.15, 0.2) is 12.4 Å². The van der Waals surface area contributed by atoms with Gasteiger partial charge in [0.2, 0.25) is 0 Å². The van der Waals surface area contributed by atoms with E-state index in [-0.39, 0.29) is 0 Å². The number of pyridine rings is 1. The Hall–Kier alpha value is -0.930. The molecule has 2 aliphatic rings. The summed E-state index contributed by atoms with van der Waals surface area (Å²) in [6.45, 7) is 9.07. The van der Waals surface area contributed by atoms with Gasteiger partial charge < -0.3 is 9.80 Å². The number of hydrogen-bond acceptors (Lipinski definition) is 0. The van der Waals surface area contributed by atoms with Gasteiger partial charge in [0.1, 0.15) is 32.7 Å². The molecule has 3 N–H and O–H groups in total. The molecule has 2 heterocycles. The lowest BCUT2D eigenvalue weighted by molar-refractivity contribution is -1.03. The predicted molar refractivity (Wildman–Crippen MR) is 79.5 cm³/mol. The third-order valence-corrected chi connectivity index (χ3v) is 5.34. The Morgan fingerprint density at radius 2 is 2.05 bits per heavy atom. The van der Waals surface area contributed by atoms with Gasteiger partial charge in [0.05, 0.1) is 11.6 Å². The molecule has 2 atom stereocenters. The van der Waals surface area contributed by atoms with Crippen molar-refractivity contribution < 1.29 is 14.8 Å². The predicted octanol–water partition coefficient (Wildman–Crippen LogP) is -0.637. The molecule has 0 amide bonds. The topological polar surface area (TPSA) is 23.0 Å². The summed E-state index contributed by atoms with van der Waals surface area (Å²) < 4.78 is 0. The summed E-state index contributed by atoms with van der Waals surface area (Å²) in [6.07, 6.45) is 10.0. The van der Waals surface area contributed by atoms with E-state index in [4.69, 9.17) is 0 Å². The molecule has 0 aromatic carbocycles. The van der Waals surface area contributed by atoms with Gasteiger partial charge in [-0.15, -0.1) is 0 Å². The number of rotatable bonds is 3. The van der Waals surface area contributed by atoms with E-state index in [1.165, 1.54) is 64.0 Å². The molecule has 2 unspecified atom stereocenters. The number of aromatic nitrogens is 1. The average Bonchev–Trinajstić information content (AvgIpc) is 2.49. The maximum atomic E-state index is 3.20. The van der Waals surface area contributed by atoms with Gasteiger partial charge in [-0.1, -0.05) is 13.3 Å². The Balaban J connectivity index is 1.47. The lowest BCUT2D eigenvalue weighted by Crippen LogP contribution is -3.29. The zero-order chi connectivity index (χ0) is 13.8. The van der Waals surface area contributed by atoms with Crippen molar-refractivity contribution in [2.45, 2.75) is 45.2 Å². The minimum absolute atomic E-state index is 0.963. The van der Waals surface area contributed by atoms with Crippen LogP contribution in [-0.2, 0) is 6.54 Å². The van der Waals surface area contributed by atoms with Crippen LogP contribution in [-0.4, -0.2) is 32.2 Å². The Bertz CT molecular complexity index is 398. The molecule has 3 nitrogen and oxygen atoms in total. The van der Waals surface area contributed by atoms with Crippen molar-refractivity contribution in [2.75, 3.05) is 26.2 Å². The van der Waals surface area contributed by atoms with Crippen molar-refractivity contribution in [3.8, 4) is 0 Å². The number of aromatic amines is 1. The van der Waals surface area contributed by atoms with E-state index in [2.05, 4.69) is 30.2 Å². The van der Waals surface area contributed by atoms with E-state index >= 15 is 0 Å². The first-order valence-electron chi connectivity index (χ1n) is 8.44. The van der Waals surface area contributed by atoms with E-state index in [0.717, 1.165) is 12.0 Å². The SMILES string of the molecule is CC1CCCC([NH+]2CC[NH+](Cc3ccc[nH+]c3)CC2)C1. The molecule has 1 aromatic heterocycles. The maximum Gasteiger partial charge on any atom is 0.175 e. The molecule has 1 aliphatic heterocycles. The Morgan fingerprint density at radius 3 is 2.75 bits per heavy atom. The van der Waals surface area contributed by atoms with Gasteiger partial charge in [0.25, 0.3) is 0 Å². The summed E-state index contributed by atoms with van der Waals surface area (Å²) >= 11 is 0. The van der Waals surface area contributed by atoms with E-state index < -0.39 is 0 Å². The second-order valence-corrected chi connectivity index (χ2v) is 6.97. The van der Waals surface area contributed by atoms with Crippen LogP contribution >= 0.6 is 0 Å². The molecule has 1 aliphatic carbocycles. The molecule has 2 fully saturated rings. The second kappa shape index (κ2) is 6.68. The second-order valence-electron chi connectivity index (χ2n) is 6.97. The zero-order valence-electron chi connectivity index (χ0n) is 12.8. The number of hydrogen-bond donors (Lipinski definition) is 2. The van der Waals surface area contributed by atoms with Crippen LogP contribution in [0.5, 0.6) is 0 Å². The van der Waals surface area contributed by atoms with Crippen molar-refractivity contribution in [3.63, 3.8) is 0 Å². The smallest absolute Gasteiger partial charge is 0.175 e.